The number of halogens is 2. The molecular formula is C10H9ClFNO. The molecule has 74 valence electrons. The van der Waals surface area contributed by atoms with Gasteiger partial charge in [-0.05, 0) is 18.2 Å². The number of amides is 1. The first-order valence-electron chi connectivity index (χ1n) is 3.99. The maximum atomic E-state index is 13.1. The molecule has 0 saturated heterocycles. The average molecular weight is 214 g/mol. The summed E-state index contributed by atoms with van der Waals surface area (Å²) in [6, 6.07) is 3.83. The molecule has 4 heteroatoms. The molecule has 1 N–H and O–H groups in total. The standard InChI is InChI=1S/C10H9ClFNO/c1-2-5-13-10(14)8-6-7(11)3-4-9(8)12/h2-4,6H,1,5H2,(H,13,14). The van der Waals surface area contributed by atoms with Crippen LogP contribution in [0.4, 0.5) is 4.39 Å². The van der Waals surface area contributed by atoms with Gasteiger partial charge in [0.15, 0.2) is 0 Å². The third-order valence-electron chi connectivity index (χ3n) is 1.58. The fourth-order valence-corrected chi connectivity index (χ4v) is 1.10. The largest absolute Gasteiger partial charge is 0.348 e. The van der Waals surface area contributed by atoms with Gasteiger partial charge in [-0.15, -0.1) is 6.58 Å². The summed E-state index contributed by atoms with van der Waals surface area (Å²) in [5, 5.41) is 2.79. The molecule has 1 aromatic rings. The third-order valence-corrected chi connectivity index (χ3v) is 1.82. The second kappa shape index (κ2) is 4.77. The van der Waals surface area contributed by atoms with Gasteiger partial charge in [0.1, 0.15) is 5.82 Å². The van der Waals surface area contributed by atoms with Gasteiger partial charge in [-0.2, -0.15) is 0 Å². The van der Waals surface area contributed by atoms with Crippen LogP contribution in [0.25, 0.3) is 0 Å². The lowest BCUT2D eigenvalue weighted by atomic mass is 10.2. The Morgan fingerprint density at radius 2 is 2.36 bits per heavy atom. The Kier molecular flexibility index (Phi) is 3.65. The highest BCUT2D eigenvalue weighted by molar-refractivity contribution is 6.30. The number of benzene rings is 1. The summed E-state index contributed by atoms with van der Waals surface area (Å²) in [6.07, 6.45) is 1.51. The molecule has 1 aromatic carbocycles. The van der Waals surface area contributed by atoms with E-state index in [0.29, 0.717) is 11.6 Å². The van der Waals surface area contributed by atoms with Crippen molar-refractivity contribution in [3.05, 3.63) is 47.3 Å². The van der Waals surface area contributed by atoms with Gasteiger partial charge in [0.25, 0.3) is 5.91 Å². The number of hydrogen-bond donors (Lipinski definition) is 1. The predicted molar refractivity (Wildman–Crippen MR) is 53.9 cm³/mol. The Hall–Kier alpha value is -1.35. The minimum Gasteiger partial charge on any atom is -0.348 e. The fourth-order valence-electron chi connectivity index (χ4n) is 0.932. The molecular weight excluding hydrogens is 205 g/mol. The van der Waals surface area contributed by atoms with E-state index in [4.69, 9.17) is 11.6 Å². The summed E-state index contributed by atoms with van der Waals surface area (Å²) >= 11 is 5.63. The molecule has 0 aliphatic rings. The normalized spacial score (nSPS) is 9.57. The molecule has 0 saturated carbocycles. The molecule has 1 rings (SSSR count). The van der Waals surface area contributed by atoms with Crippen LogP contribution in [0.5, 0.6) is 0 Å². The highest BCUT2D eigenvalue weighted by Crippen LogP contribution is 2.14. The Labute approximate surface area is 86.4 Å². The molecule has 0 aliphatic carbocycles. The highest BCUT2D eigenvalue weighted by Gasteiger charge is 2.10. The summed E-state index contributed by atoms with van der Waals surface area (Å²) in [6.45, 7) is 3.73. The zero-order valence-electron chi connectivity index (χ0n) is 7.39. The van der Waals surface area contributed by atoms with E-state index in [-0.39, 0.29) is 5.56 Å². The number of nitrogens with one attached hydrogen (secondary N) is 1. The fraction of sp³-hybridized carbons (Fsp3) is 0.100. The van der Waals surface area contributed by atoms with Gasteiger partial charge >= 0.3 is 0 Å². The van der Waals surface area contributed by atoms with E-state index in [2.05, 4.69) is 11.9 Å². The number of carbonyl (C=O) groups excluding carboxylic acids is 1. The van der Waals surface area contributed by atoms with Crippen molar-refractivity contribution in [2.75, 3.05) is 6.54 Å². The van der Waals surface area contributed by atoms with Crippen molar-refractivity contribution in [3.63, 3.8) is 0 Å². The molecule has 2 nitrogen and oxygen atoms in total. The van der Waals surface area contributed by atoms with Crippen LogP contribution < -0.4 is 5.32 Å². The molecule has 1 amide bonds. The quantitative estimate of drug-likeness (QED) is 0.768. The van der Waals surface area contributed by atoms with Crippen molar-refractivity contribution in [1.82, 2.24) is 5.32 Å². The zero-order chi connectivity index (χ0) is 10.6. The lowest BCUT2D eigenvalue weighted by Crippen LogP contribution is -2.24. The molecule has 0 aromatic heterocycles. The number of rotatable bonds is 3. The Balaban J connectivity index is 2.88. The number of hydrogen-bond acceptors (Lipinski definition) is 1. The van der Waals surface area contributed by atoms with Gasteiger partial charge in [-0.25, -0.2) is 4.39 Å². The van der Waals surface area contributed by atoms with Crippen molar-refractivity contribution in [2.24, 2.45) is 0 Å². The van der Waals surface area contributed by atoms with Gasteiger partial charge in [0.05, 0.1) is 5.56 Å². The van der Waals surface area contributed by atoms with Crippen molar-refractivity contribution < 1.29 is 9.18 Å². The van der Waals surface area contributed by atoms with E-state index in [9.17, 15) is 9.18 Å². The van der Waals surface area contributed by atoms with Crippen LogP contribution in [0.2, 0.25) is 5.02 Å². The maximum absolute atomic E-state index is 13.1. The SMILES string of the molecule is C=CCNC(=O)c1cc(Cl)ccc1F. The van der Waals surface area contributed by atoms with Crippen molar-refractivity contribution in [1.29, 1.82) is 0 Å². The molecule has 0 unspecified atom stereocenters. The van der Waals surface area contributed by atoms with E-state index in [1.165, 1.54) is 18.2 Å². The van der Waals surface area contributed by atoms with Crippen LogP contribution in [0, 0.1) is 5.82 Å². The topological polar surface area (TPSA) is 29.1 Å². The van der Waals surface area contributed by atoms with Crippen LogP contribution in [0.3, 0.4) is 0 Å². The first-order valence-corrected chi connectivity index (χ1v) is 4.37. The van der Waals surface area contributed by atoms with Gasteiger partial charge in [-0.3, -0.25) is 4.79 Å². The molecule has 0 spiro atoms. The monoisotopic (exact) mass is 213 g/mol. The second-order valence-electron chi connectivity index (χ2n) is 2.62. The predicted octanol–water partition coefficient (Wildman–Crippen LogP) is 2.39. The van der Waals surface area contributed by atoms with Gasteiger partial charge in [0.2, 0.25) is 0 Å². The Morgan fingerprint density at radius 3 is 3.00 bits per heavy atom. The van der Waals surface area contributed by atoms with Crippen LogP contribution in [0.1, 0.15) is 10.4 Å². The maximum Gasteiger partial charge on any atom is 0.254 e. The Bertz CT molecular complexity index is 365. The van der Waals surface area contributed by atoms with Crippen molar-refractivity contribution >= 4 is 17.5 Å². The molecule has 14 heavy (non-hydrogen) atoms. The first-order chi connectivity index (χ1) is 6.65. The van der Waals surface area contributed by atoms with E-state index in [1.54, 1.807) is 0 Å². The zero-order valence-corrected chi connectivity index (χ0v) is 8.14. The lowest BCUT2D eigenvalue weighted by molar-refractivity contribution is 0.0954. The smallest absolute Gasteiger partial charge is 0.254 e. The van der Waals surface area contributed by atoms with E-state index in [1.807, 2.05) is 0 Å². The Morgan fingerprint density at radius 1 is 1.64 bits per heavy atom. The van der Waals surface area contributed by atoms with Crippen molar-refractivity contribution in [2.45, 2.75) is 0 Å². The summed E-state index contributed by atoms with van der Waals surface area (Å²) < 4.78 is 13.1. The van der Waals surface area contributed by atoms with Crippen LogP contribution in [-0.4, -0.2) is 12.5 Å². The highest BCUT2D eigenvalue weighted by atomic mass is 35.5. The molecule has 0 atom stereocenters. The molecule has 0 heterocycles. The van der Waals surface area contributed by atoms with Crippen LogP contribution >= 0.6 is 11.6 Å². The minimum absolute atomic E-state index is 0.0562. The van der Waals surface area contributed by atoms with Gasteiger partial charge in [0, 0.05) is 11.6 Å². The first kappa shape index (κ1) is 10.7. The van der Waals surface area contributed by atoms with Crippen LogP contribution in [0.15, 0.2) is 30.9 Å². The van der Waals surface area contributed by atoms with Crippen molar-refractivity contribution in [3.8, 4) is 0 Å². The molecule has 0 bridgehead atoms. The average Bonchev–Trinajstić information content (AvgIpc) is 2.18. The van der Waals surface area contributed by atoms with Crippen LogP contribution in [-0.2, 0) is 0 Å². The van der Waals surface area contributed by atoms with Gasteiger partial charge in [-0.1, -0.05) is 17.7 Å². The third kappa shape index (κ3) is 2.57. The summed E-state index contributed by atoms with van der Waals surface area (Å²) in [5.74, 6) is -1.08. The van der Waals surface area contributed by atoms with E-state index in [0.717, 1.165) is 6.07 Å². The summed E-state index contributed by atoms with van der Waals surface area (Å²) in [7, 11) is 0. The molecule has 0 aliphatic heterocycles. The minimum atomic E-state index is -0.587. The van der Waals surface area contributed by atoms with E-state index < -0.39 is 11.7 Å². The molecule has 0 fully saturated rings. The van der Waals surface area contributed by atoms with E-state index >= 15 is 0 Å². The van der Waals surface area contributed by atoms with Gasteiger partial charge < -0.3 is 5.32 Å². The summed E-state index contributed by atoms with van der Waals surface area (Å²) in [4.78, 5) is 11.3. The lowest BCUT2D eigenvalue weighted by Gasteiger charge is -2.03. The summed E-state index contributed by atoms with van der Waals surface area (Å²) in [5.41, 5.74) is -0.0562. The number of carbonyl (C=O) groups is 1. The second-order valence-corrected chi connectivity index (χ2v) is 3.06. The molecule has 0 radical (unpaired) electrons.